The van der Waals surface area contributed by atoms with Crippen molar-refractivity contribution in [1.82, 2.24) is 0 Å². The lowest BCUT2D eigenvalue weighted by Gasteiger charge is -2.24. The van der Waals surface area contributed by atoms with E-state index in [9.17, 15) is 26.8 Å². The number of nitrogens with two attached hydrogens (primary N) is 1. The van der Waals surface area contributed by atoms with Gasteiger partial charge in [-0.05, 0) is 36.4 Å². The molecule has 0 aliphatic heterocycles. The van der Waals surface area contributed by atoms with Crippen LogP contribution in [0.15, 0.2) is 53.4 Å². The third-order valence-corrected chi connectivity index (χ3v) is 5.54. The van der Waals surface area contributed by atoms with Gasteiger partial charge in [-0.25, -0.2) is 8.42 Å². The van der Waals surface area contributed by atoms with Gasteiger partial charge in [0.05, 0.1) is 24.2 Å². The van der Waals surface area contributed by atoms with Crippen molar-refractivity contribution < 1.29 is 31.5 Å². The molecule has 0 aliphatic rings. The van der Waals surface area contributed by atoms with Gasteiger partial charge in [-0.3, -0.25) is 9.59 Å². The van der Waals surface area contributed by atoms with Crippen LogP contribution in [0.4, 0.5) is 20.2 Å². The van der Waals surface area contributed by atoms with Crippen LogP contribution in [0.25, 0.3) is 0 Å². The summed E-state index contributed by atoms with van der Waals surface area (Å²) in [6.07, 6.45) is -0.0321. The van der Waals surface area contributed by atoms with Crippen molar-refractivity contribution in [2.75, 3.05) is 30.4 Å². The summed E-state index contributed by atoms with van der Waals surface area (Å²) in [5, 5.41) is 2.35. The fourth-order valence-electron chi connectivity index (χ4n) is 2.61. The van der Waals surface area contributed by atoms with Crippen LogP contribution in [0.3, 0.4) is 0 Å². The topological polar surface area (TPSA) is 119 Å². The van der Waals surface area contributed by atoms with Crippen molar-refractivity contribution in [2.45, 2.75) is 17.1 Å². The summed E-state index contributed by atoms with van der Waals surface area (Å²) in [5.41, 5.74) is 5.52. The summed E-state index contributed by atoms with van der Waals surface area (Å²) in [5.74, 6) is -4.26. The predicted molar refractivity (Wildman–Crippen MR) is 107 cm³/mol. The van der Waals surface area contributed by atoms with Crippen molar-refractivity contribution >= 4 is 33.0 Å². The zero-order valence-electron chi connectivity index (χ0n) is 16.0. The molecule has 2 aromatic carbocycles. The Kier molecular flexibility index (Phi) is 7.70. The van der Waals surface area contributed by atoms with Crippen molar-refractivity contribution in [2.24, 2.45) is 5.73 Å². The van der Waals surface area contributed by atoms with E-state index in [-0.39, 0.29) is 25.2 Å². The summed E-state index contributed by atoms with van der Waals surface area (Å²) >= 11 is 0. The highest BCUT2D eigenvalue weighted by atomic mass is 32.2. The Hall–Kier alpha value is -3.21. The number of alkyl halides is 2. The summed E-state index contributed by atoms with van der Waals surface area (Å²) < 4.78 is 54.6. The van der Waals surface area contributed by atoms with Gasteiger partial charge in [-0.15, -0.1) is 0 Å². The molecule has 11 heteroatoms. The maximum absolute atomic E-state index is 12.9. The molecule has 0 aliphatic carbocycles. The highest BCUT2D eigenvalue weighted by Crippen LogP contribution is 2.26. The van der Waals surface area contributed by atoms with E-state index >= 15 is 0 Å². The van der Waals surface area contributed by atoms with Crippen LogP contribution >= 0.6 is 0 Å². The molecule has 2 rings (SSSR count). The lowest BCUT2D eigenvalue weighted by atomic mass is 10.2. The number of para-hydroxylation sites is 1. The molecule has 3 N–H and O–H groups in total. The number of anilines is 2. The average molecular weight is 441 g/mol. The third-order valence-electron chi connectivity index (χ3n) is 4.10. The quantitative estimate of drug-likeness (QED) is 0.582. The smallest absolute Gasteiger partial charge is 0.341 e. The molecule has 0 saturated carbocycles. The molecule has 0 unspecified atom stereocenters. The van der Waals surface area contributed by atoms with E-state index in [1.54, 1.807) is 29.2 Å². The number of sulfone groups is 1. The lowest BCUT2D eigenvalue weighted by Crippen LogP contribution is -2.36. The molecule has 0 fully saturated rings. The van der Waals surface area contributed by atoms with Crippen LogP contribution in [0, 0.1) is 0 Å². The first-order valence-electron chi connectivity index (χ1n) is 8.73. The Morgan fingerprint density at radius 1 is 1.13 bits per heavy atom. The molecule has 0 bridgehead atoms. The summed E-state index contributed by atoms with van der Waals surface area (Å²) in [7, 11) is -3.40. The first-order valence-corrected chi connectivity index (χ1v) is 10.3. The highest BCUT2D eigenvalue weighted by Gasteiger charge is 2.29. The highest BCUT2D eigenvalue weighted by molar-refractivity contribution is 7.91. The number of methoxy groups -OCH3 is 1. The van der Waals surface area contributed by atoms with E-state index in [2.05, 4.69) is 5.32 Å². The van der Waals surface area contributed by atoms with Crippen molar-refractivity contribution in [3.05, 3.63) is 48.5 Å². The maximum atomic E-state index is 12.9. The number of primary amides is 1. The Labute approximate surface area is 172 Å². The second kappa shape index (κ2) is 10.0. The normalized spacial score (nSPS) is 11.2. The van der Waals surface area contributed by atoms with Crippen molar-refractivity contribution in [3.63, 3.8) is 0 Å². The number of carbonyl (C=O) groups excluding carboxylic acids is 2. The van der Waals surface area contributed by atoms with Gasteiger partial charge in [0.2, 0.25) is 21.7 Å². The molecular formula is C19H21F2N3O5S. The molecule has 2 amide bonds. The number of amides is 2. The molecule has 0 aromatic heterocycles. The number of nitrogens with one attached hydrogen (secondary N) is 1. The first-order chi connectivity index (χ1) is 14.1. The van der Waals surface area contributed by atoms with Gasteiger partial charge in [-0.2, -0.15) is 8.78 Å². The molecule has 2 aromatic rings. The van der Waals surface area contributed by atoms with Gasteiger partial charge in [0.15, 0.2) is 0 Å². The standard InChI is InChI=1S/C19H21F2N3O5S/c1-29-14-8-6-13(7-9-14)24(11-10-17(22)25)12-18(26)23-15-4-2-3-5-16(15)30(27,28)19(20)21/h2-9,19H,10-12H2,1H3,(H2,22,25)(H,23,26). The Balaban J connectivity index is 2.23. The van der Waals surface area contributed by atoms with E-state index in [1.807, 2.05) is 0 Å². The van der Waals surface area contributed by atoms with Gasteiger partial charge < -0.3 is 20.7 Å². The van der Waals surface area contributed by atoms with Gasteiger partial charge in [0.1, 0.15) is 5.75 Å². The second-order valence-electron chi connectivity index (χ2n) is 6.19. The molecule has 0 radical (unpaired) electrons. The molecule has 0 atom stereocenters. The molecule has 8 nitrogen and oxygen atoms in total. The van der Waals surface area contributed by atoms with Crippen LogP contribution in [0.5, 0.6) is 5.75 Å². The number of halogens is 2. The lowest BCUT2D eigenvalue weighted by molar-refractivity contribution is -0.118. The largest absolute Gasteiger partial charge is 0.497 e. The minimum absolute atomic E-state index is 0.0321. The van der Waals surface area contributed by atoms with Crippen LogP contribution in [0.2, 0.25) is 0 Å². The SMILES string of the molecule is COc1ccc(N(CCC(N)=O)CC(=O)Nc2ccccc2S(=O)(=O)C(F)F)cc1. The monoisotopic (exact) mass is 441 g/mol. The van der Waals surface area contributed by atoms with E-state index < -0.39 is 32.3 Å². The minimum atomic E-state index is -4.90. The maximum Gasteiger partial charge on any atom is 0.341 e. The van der Waals surface area contributed by atoms with E-state index in [0.29, 0.717) is 11.4 Å². The number of rotatable bonds is 10. The van der Waals surface area contributed by atoms with Crippen molar-refractivity contribution in [3.8, 4) is 5.75 Å². The second-order valence-corrected chi connectivity index (χ2v) is 8.07. The zero-order valence-corrected chi connectivity index (χ0v) is 16.9. The zero-order chi connectivity index (χ0) is 22.3. The van der Waals surface area contributed by atoms with Crippen LogP contribution in [-0.4, -0.2) is 46.2 Å². The Morgan fingerprint density at radius 2 is 1.77 bits per heavy atom. The molecule has 0 spiro atoms. The van der Waals surface area contributed by atoms with Gasteiger partial charge in [0, 0.05) is 18.7 Å². The number of hydrogen-bond donors (Lipinski definition) is 2. The number of hydrogen-bond acceptors (Lipinski definition) is 6. The van der Waals surface area contributed by atoms with Gasteiger partial charge >= 0.3 is 5.76 Å². The first kappa shape index (κ1) is 23.1. The summed E-state index contributed by atoms with van der Waals surface area (Å²) in [6.45, 7) is -0.158. The van der Waals surface area contributed by atoms with Gasteiger partial charge in [-0.1, -0.05) is 12.1 Å². The fraction of sp³-hybridized carbons (Fsp3) is 0.263. The number of ether oxygens (including phenoxy) is 1. The number of benzene rings is 2. The van der Waals surface area contributed by atoms with Crippen LogP contribution < -0.4 is 20.7 Å². The third kappa shape index (κ3) is 5.89. The minimum Gasteiger partial charge on any atom is -0.497 e. The van der Waals surface area contributed by atoms with Crippen molar-refractivity contribution in [1.29, 1.82) is 0 Å². The van der Waals surface area contributed by atoms with Crippen LogP contribution in [-0.2, 0) is 19.4 Å². The van der Waals surface area contributed by atoms with Gasteiger partial charge in [0.25, 0.3) is 0 Å². The molecule has 162 valence electrons. The summed E-state index contributed by atoms with van der Waals surface area (Å²) in [4.78, 5) is 24.6. The number of nitrogens with zero attached hydrogens (tertiary/aromatic N) is 1. The fourth-order valence-corrected chi connectivity index (χ4v) is 3.50. The molecule has 0 heterocycles. The van der Waals surface area contributed by atoms with E-state index in [0.717, 1.165) is 6.07 Å². The molecule has 0 saturated heterocycles. The van der Waals surface area contributed by atoms with Crippen LogP contribution in [0.1, 0.15) is 6.42 Å². The molecular weight excluding hydrogens is 420 g/mol. The van der Waals surface area contributed by atoms with E-state index in [1.165, 1.54) is 25.3 Å². The molecule has 30 heavy (non-hydrogen) atoms. The summed E-state index contributed by atoms with van der Waals surface area (Å²) in [6, 6.07) is 11.6. The number of carbonyl (C=O) groups is 2. The average Bonchev–Trinajstić information content (AvgIpc) is 2.71. The van der Waals surface area contributed by atoms with E-state index in [4.69, 9.17) is 10.5 Å². The Morgan fingerprint density at radius 3 is 2.33 bits per heavy atom. The predicted octanol–water partition coefficient (Wildman–Crippen LogP) is 2.01. The Bertz CT molecular complexity index is 997.